The molecule has 16 heavy (non-hydrogen) atoms. The second kappa shape index (κ2) is 4.79. The van der Waals surface area contributed by atoms with Gasteiger partial charge in [-0.2, -0.15) is 0 Å². The average Bonchev–Trinajstić information content (AvgIpc) is 2.83. The molecular formula is C8H8F2N4S2. The van der Waals surface area contributed by atoms with Crippen LogP contribution in [-0.2, 0) is 6.54 Å². The summed E-state index contributed by atoms with van der Waals surface area (Å²) in [5, 5.41) is 11.0. The number of anilines is 1. The van der Waals surface area contributed by atoms with Crippen LogP contribution in [-0.4, -0.2) is 15.2 Å². The maximum absolute atomic E-state index is 12.2. The Morgan fingerprint density at radius 3 is 2.75 bits per heavy atom. The molecule has 0 aliphatic heterocycles. The molecule has 0 fully saturated rings. The van der Waals surface area contributed by atoms with Crippen molar-refractivity contribution < 1.29 is 8.78 Å². The third kappa shape index (κ3) is 2.70. The van der Waals surface area contributed by atoms with Crippen LogP contribution in [0.4, 0.5) is 13.9 Å². The molecule has 0 saturated heterocycles. The van der Waals surface area contributed by atoms with E-state index in [9.17, 15) is 8.78 Å². The van der Waals surface area contributed by atoms with E-state index in [4.69, 9.17) is 0 Å². The Bertz CT molecular complexity index is 468. The van der Waals surface area contributed by atoms with Gasteiger partial charge in [-0.05, 0) is 6.92 Å². The lowest BCUT2D eigenvalue weighted by atomic mass is 10.5. The molecule has 0 saturated carbocycles. The van der Waals surface area contributed by atoms with E-state index in [2.05, 4.69) is 20.5 Å². The molecule has 8 heteroatoms. The molecule has 2 heterocycles. The van der Waals surface area contributed by atoms with Gasteiger partial charge in [0.15, 0.2) is 5.01 Å². The average molecular weight is 262 g/mol. The molecule has 86 valence electrons. The van der Waals surface area contributed by atoms with Crippen molar-refractivity contribution in [2.45, 2.75) is 19.9 Å². The van der Waals surface area contributed by atoms with E-state index in [1.807, 2.05) is 6.92 Å². The molecule has 4 nitrogen and oxygen atoms in total. The fourth-order valence-electron chi connectivity index (χ4n) is 1.04. The van der Waals surface area contributed by atoms with Crippen molar-refractivity contribution in [2.75, 3.05) is 5.32 Å². The number of aromatic nitrogens is 3. The van der Waals surface area contributed by atoms with E-state index < -0.39 is 6.43 Å². The van der Waals surface area contributed by atoms with Crippen molar-refractivity contribution in [1.29, 1.82) is 0 Å². The number of nitrogens with zero attached hydrogens (tertiary/aromatic N) is 3. The highest BCUT2D eigenvalue weighted by Crippen LogP contribution is 2.25. The molecule has 2 aromatic heterocycles. The zero-order valence-electron chi connectivity index (χ0n) is 8.28. The Morgan fingerprint density at radius 1 is 1.38 bits per heavy atom. The summed E-state index contributed by atoms with van der Waals surface area (Å²) in [5.41, 5.74) is 0. The van der Waals surface area contributed by atoms with Crippen molar-refractivity contribution in [2.24, 2.45) is 0 Å². The monoisotopic (exact) mass is 262 g/mol. The molecule has 0 bridgehead atoms. The van der Waals surface area contributed by atoms with Crippen LogP contribution in [0, 0.1) is 6.92 Å². The number of halogens is 2. The third-order valence-electron chi connectivity index (χ3n) is 1.71. The van der Waals surface area contributed by atoms with Crippen molar-refractivity contribution in [1.82, 2.24) is 15.2 Å². The quantitative estimate of drug-likeness (QED) is 0.920. The first-order chi connectivity index (χ1) is 7.65. The van der Waals surface area contributed by atoms with Crippen LogP contribution in [0.2, 0.25) is 0 Å². The Labute approximate surface area is 98.4 Å². The van der Waals surface area contributed by atoms with Crippen LogP contribution in [0.1, 0.15) is 21.3 Å². The first-order valence-electron chi connectivity index (χ1n) is 4.42. The first kappa shape index (κ1) is 11.3. The summed E-state index contributed by atoms with van der Waals surface area (Å²) in [6, 6.07) is 0. The summed E-state index contributed by atoms with van der Waals surface area (Å²) in [5.74, 6) is 0. The van der Waals surface area contributed by atoms with Gasteiger partial charge in [-0.1, -0.05) is 11.3 Å². The molecule has 0 amide bonds. The minimum absolute atomic E-state index is 0.261. The van der Waals surface area contributed by atoms with Gasteiger partial charge >= 0.3 is 0 Å². The van der Waals surface area contributed by atoms with E-state index in [1.165, 1.54) is 0 Å². The summed E-state index contributed by atoms with van der Waals surface area (Å²) in [6.07, 6.45) is -0.805. The van der Waals surface area contributed by atoms with Gasteiger partial charge in [0.2, 0.25) is 5.13 Å². The normalized spacial score (nSPS) is 11.0. The first-order valence-corrected chi connectivity index (χ1v) is 6.05. The fraction of sp³-hybridized carbons (Fsp3) is 0.375. The summed E-state index contributed by atoms with van der Waals surface area (Å²) >= 11 is 2.42. The minimum atomic E-state index is -2.56. The van der Waals surface area contributed by atoms with Crippen molar-refractivity contribution in [3.63, 3.8) is 0 Å². The fourth-order valence-corrected chi connectivity index (χ4v) is 2.37. The second-order valence-electron chi connectivity index (χ2n) is 2.95. The van der Waals surface area contributed by atoms with E-state index >= 15 is 0 Å². The largest absolute Gasteiger partial charge is 0.355 e. The zero-order valence-corrected chi connectivity index (χ0v) is 9.91. The summed E-state index contributed by atoms with van der Waals surface area (Å²) in [7, 11) is 0. The Morgan fingerprint density at radius 2 is 2.19 bits per heavy atom. The number of thiazole rings is 1. The predicted molar refractivity (Wildman–Crippen MR) is 59.0 cm³/mol. The predicted octanol–water partition coefficient (Wildman–Crippen LogP) is 2.85. The maximum atomic E-state index is 12.2. The number of hydrogen-bond acceptors (Lipinski definition) is 6. The van der Waals surface area contributed by atoms with Crippen LogP contribution in [0.5, 0.6) is 0 Å². The molecule has 0 atom stereocenters. The number of nitrogens with one attached hydrogen (secondary N) is 1. The summed E-state index contributed by atoms with van der Waals surface area (Å²) in [6.45, 7) is 2.44. The molecule has 2 rings (SSSR count). The SMILES string of the molecule is Cc1ncc(CNc2nnc(C(F)F)s2)s1. The van der Waals surface area contributed by atoms with Gasteiger partial charge in [-0.25, -0.2) is 13.8 Å². The molecule has 0 radical (unpaired) electrons. The molecule has 0 spiro atoms. The van der Waals surface area contributed by atoms with Crippen molar-refractivity contribution in [3.8, 4) is 0 Å². The number of rotatable bonds is 4. The van der Waals surface area contributed by atoms with Crippen LogP contribution in [0.25, 0.3) is 0 Å². The minimum Gasteiger partial charge on any atom is -0.355 e. The van der Waals surface area contributed by atoms with Gasteiger partial charge in [0.1, 0.15) is 0 Å². The lowest BCUT2D eigenvalue weighted by molar-refractivity contribution is 0.150. The van der Waals surface area contributed by atoms with Crippen LogP contribution >= 0.6 is 22.7 Å². The van der Waals surface area contributed by atoms with Gasteiger partial charge in [-0.15, -0.1) is 21.5 Å². The molecular weight excluding hydrogens is 254 g/mol. The standard InChI is InChI=1S/C8H8F2N4S2/c1-4-11-2-5(15-4)3-12-8-14-13-7(16-8)6(9)10/h2,6H,3H2,1H3,(H,12,14). The number of alkyl halides is 2. The molecule has 0 unspecified atom stereocenters. The van der Waals surface area contributed by atoms with E-state index in [0.29, 0.717) is 11.7 Å². The lowest BCUT2D eigenvalue weighted by Crippen LogP contribution is -1.96. The van der Waals surface area contributed by atoms with E-state index in [1.54, 1.807) is 17.5 Å². The number of aryl methyl sites for hydroxylation is 1. The smallest absolute Gasteiger partial charge is 0.291 e. The Kier molecular flexibility index (Phi) is 3.39. The highest BCUT2D eigenvalue weighted by Gasteiger charge is 2.13. The Balaban J connectivity index is 1.94. The van der Waals surface area contributed by atoms with Gasteiger partial charge in [0.25, 0.3) is 6.43 Å². The molecule has 0 aromatic carbocycles. The highest BCUT2D eigenvalue weighted by atomic mass is 32.1. The van der Waals surface area contributed by atoms with Crippen LogP contribution < -0.4 is 5.32 Å². The van der Waals surface area contributed by atoms with Crippen molar-refractivity contribution in [3.05, 3.63) is 21.1 Å². The molecule has 2 aromatic rings. The van der Waals surface area contributed by atoms with E-state index in [0.717, 1.165) is 21.2 Å². The molecule has 0 aliphatic carbocycles. The lowest BCUT2D eigenvalue weighted by Gasteiger charge is -1.96. The van der Waals surface area contributed by atoms with Gasteiger partial charge in [0.05, 0.1) is 11.6 Å². The zero-order chi connectivity index (χ0) is 11.5. The topological polar surface area (TPSA) is 50.7 Å². The van der Waals surface area contributed by atoms with Gasteiger partial charge in [0, 0.05) is 11.1 Å². The summed E-state index contributed by atoms with van der Waals surface area (Å²) in [4.78, 5) is 5.12. The molecule has 0 aliphatic rings. The van der Waals surface area contributed by atoms with Crippen molar-refractivity contribution >= 4 is 27.8 Å². The third-order valence-corrected chi connectivity index (χ3v) is 3.51. The van der Waals surface area contributed by atoms with Gasteiger partial charge < -0.3 is 5.32 Å². The number of hydrogen-bond donors (Lipinski definition) is 1. The second-order valence-corrected chi connectivity index (χ2v) is 5.27. The van der Waals surface area contributed by atoms with Gasteiger partial charge in [-0.3, -0.25) is 0 Å². The summed E-state index contributed by atoms with van der Waals surface area (Å²) < 4.78 is 24.4. The van der Waals surface area contributed by atoms with E-state index in [-0.39, 0.29) is 5.01 Å². The Hall–Kier alpha value is -1.15. The maximum Gasteiger partial charge on any atom is 0.291 e. The van der Waals surface area contributed by atoms with Crippen LogP contribution in [0.15, 0.2) is 6.20 Å². The molecule has 1 N–H and O–H groups in total. The van der Waals surface area contributed by atoms with Crippen LogP contribution in [0.3, 0.4) is 0 Å². The highest BCUT2D eigenvalue weighted by molar-refractivity contribution is 7.15.